The van der Waals surface area contributed by atoms with Crippen LogP contribution in [0.4, 0.5) is 22.0 Å². The van der Waals surface area contributed by atoms with E-state index < -0.39 is 29.1 Å². The minimum atomic E-state index is -1.62. The van der Waals surface area contributed by atoms with Crippen LogP contribution in [0.2, 0.25) is 0 Å². The minimum Gasteiger partial charge on any atom is -0.204 e. The van der Waals surface area contributed by atoms with Gasteiger partial charge in [-0.1, -0.05) is 44.7 Å². The van der Waals surface area contributed by atoms with Crippen LogP contribution in [0, 0.1) is 46.8 Å². The molecule has 0 spiro atoms. The molecule has 0 atom stereocenters. The number of rotatable bonds is 5. The summed E-state index contributed by atoms with van der Waals surface area (Å²) in [4.78, 5) is 0. The van der Waals surface area contributed by atoms with Crippen molar-refractivity contribution < 1.29 is 22.0 Å². The maximum Gasteiger partial charge on any atom is 0.194 e. The van der Waals surface area contributed by atoms with Crippen LogP contribution >= 0.6 is 0 Å². The lowest BCUT2D eigenvalue weighted by atomic mass is 9.68. The van der Waals surface area contributed by atoms with Crippen molar-refractivity contribution in [1.82, 2.24) is 0 Å². The summed E-state index contributed by atoms with van der Waals surface area (Å²) in [7, 11) is 0. The fraction of sp³-hybridized carbons (Fsp3) is 0.556. The first-order valence-corrected chi connectivity index (χ1v) is 12.0. The van der Waals surface area contributed by atoms with Gasteiger partial charge in [0.1, 0.15) is 0 Å². The Kier molecular flexibility index (Phi) is 7.21. The molecule has 2 saturated carbocycles. The Morgan fingerprint density at radius 1 is 0.688 bits per heavy atom. The average molecular weight is 451 g/mol. The molecule has 0 radical (unpaired) electrons. The fourth-order valence-corrected chi connectivity index (χ4v) is 6.07. The van der Waals surface area contributed by atoms with Crippen LogP contribution in [-0.2, 0) is 0 Å². The van der Waals surface area contributed by atoms with Gasteiger partial charge in [0.05, 0.1) is 0 Å². The van der Waals surface area contributed by atoms with E-state index in [0.717, 1.165) is 37.5 Å². The van der Waals surface area contributed by atoms with Crippen molar-refractivity contribution in [3.8, 4) is 11.1 Å². The molecule has 0 saturated heterocycles. The number of halogens is 5. The number of hydrogen-bond acceptors (Lipinski definition) is 0. The SMILES string of the molecule is CCCC1CCC(C2CCC(c3ccc(-c4cc(F)c(F)c(F)c4)c(F)c3F)CC2)CC1. The van der Waals surface area contributed by atoms with Gasteiger partial charge in [-0.15, -0.1) is 0 Å². The summed E-state index contributed by atoms with van der Waals surface area (Å²) >= 11 is 0. The second-order valence-electron chi connectivity index (χ2n) is 9.77. The molecule has 2 aromatic carbocycles. The van der Waals surface area contributed by atoms with Gasteiger partial charge in [0.25, 0.3) is 0 Å². The highest BCUT2D eigenvalue weighted by molar-refractivity contribution is 5.65. The molecule has 2 aromatic rings. The largest absolute Gasteiger partial charge is 0.204 e. The molecule has 0 aliphatic heterocycles. The summed E-state index contributed by atoms with van der Waals surface area (Å²) in [5, 5.41) is 0. The first kappa shape index (κ1) is 23.3. The second kappa shape index (κ2) is 9.93. The maximum absolute atomic E-state index is 14.9. The van der Waals surface area contributed by atoms with E-state index in [0.29, 0.717) is 23.6 Å². The Morgan fingerprint density at radius 3 is 1.81 bits per heavy atom. The molecule has 174 valence electrons. The lowest BCUT2D eigenvalue weighted by Crippen LogP contribution is -2.25. The van der Waals surface area contributed by atoms with Crippen LogP contribution in [0.3, 0.4) is 0 Å². The van der Waals surface area contributed by atoms with E-state index in [1.54, 1.807) is 0 Å². The highest BCUT2D eigenvalue weighted by atomic mass is 19.2. The Bertz CT molecular complexity index is 914. The lowest BCUT2D eigenvalue weighted by Gasteiger charge is -2.38. The van der Waals surface area contributed by atoms with E-state index in [2.05, 4.69) is 6.92 Å². The predicted octanol–water partition coefficient (Wildman–Crippen LogP) is 8.93. The van der Waals surface area contributed by atoms with E-state index in [4.69, 9.17) is 0 Å². The maximum atomic E-state index is 14.9. The Balaban J connectivity index is 1.43. The Morgan fingerprint density at radius 2 is 1.25 bits per heavy atom. The minimum absolute atomic E-state index is 0.0482. The molecule has 0 N–H and O–H groups in total. The smallest absolute Gasteiger partial charge is 0.194 e. The predicted molar refractivity (Wildman–Crippen MR) is 117 cm³/mol. The molecule has 2 aliphatic carbocycles. The molecule has 0 bridgehead atoms. The van der Waals surface area contributed by atoms with Crippen LogP contribution < -0.4 is 0 Å². The molecule has 4 rings (SSSR count). The first-order chi connectivity index (χ1) is 15.4. The van der Waals surface area contributed by atoms with Crippen LogP contribution in [0.5, 0.6) is 0 Å². The van der Waals surface area contributed by atoms with E-state index in [1.807, 2.05) is 0 Å². The summed E-state index contributed by atoms with van der Waals surface area (Å²) in [6.45, 7) is 2.25. The highest BCUT2D eigenvalue weighted by Crippen LogP contribution is 2.45. The van der Waals surface area contributed by atoms with Crippen molar-refractivity contribution in [3.05, 3.63) is 58.9 Å². The molecule has 2 fully saturated rings. The first-order valence-electron chi connectivity index (χ1n) is 12.0. The zero-order valence-electron chi connectivity index (χ0n) is 18.6. The topological polar surface area (TPSA) is 0 Å². The molecule has 2 aliphatic rings. The molecule has 32 heavy (non-hydrogen) atoms. The van der Waals surface area contributed by atoms with Gasteiger partial charge >= 0.3 is 0 Å². The molecule has 0 heterocycles. The second-order valence-corrected chi connectivity index (χ2v) is 9.77. The number of benzene rings is 2. The van der Waals surface area contributed by atoms with Crippen molar-refractivity contribution in [2.45, 2.75) is 77.0 Å². The normalized spacial score (nSPS) is 26.3. The molecule has 0 nitrogen and oxygen atoms in total. The van der Waals surface area contributed by atoms with Gasteiger partial charge in [0.2, 0.25) is 0 Å². The standard InChI is InChI=1S/C27H31F5/c1-2-3-16-4-6-17(7-5-16)18-8-10-19(11-9-18)21-12-13-22(26(31)25(21)30)20-14-23(28)27(32)24(29)15-20/h12-19H,2-11H2,1H3. The van der Waals surface area contributed by atoms with Gasteiger partial charge in [0.15, 0.2) is 29.1 Å². The molecule has 0 unspecified atom stereocenters. The zero-order valence-corrected chi connectivity index (χ0v) is 18.6. The van der Waals surface area contributed by atoms with Gasteiger partial charge in [-0.25, -0.2) is 22.0 Å². The lowest BCUT2D eigenvalue weighted by molar-refractivity contribution is 0.156. The Hall–Kier alpha value is -1.91. The monoisotopic (exact) mass is 450 g/mol. The summed E-state index contributed by atoms with van der Waals surface area (Å²) in [5.74, 6) is -4.30. The van der Waals surface area contributed by atoms with Crippen LogP contribution in [-0.4, -0.2) is 0 Å². The van der Waals surface area contributed by atoms with E-state index >= 15 is 0 Å². The van der Waals surface area contributed by atoms with Crippen LogP contribution in [0.15, 0.2) is 24.3 Å². The molecular weight excluding hydrogens is 419 g/mol. The molecule has 5 heteroatoms. The van der Waals surface area contributed by atoms with E-state index in [1.165, 1.54) is 50.7 Å². The quantitative estimate of drug-likeness (QED) is 0.315. The number of hydrogen-bond donors (Lipinski definition) is 0. The van der Waals surface area contributed by atoms with Crippen molar-refractivity contribution in [1.29, 1.82) is 0 Å². The van der Waals surface area contributed by atoms with E-state index in [9.17, 15) is 22.0 Å². The summed E-state index contributed by atoms with van der Waals surface area (Å²) in [5.41, 5.74) is -0.146. The summed E-state index contributed by atoms with van der Waals surface area (Å²) < 4.78 is 70.1. The van der Waals surface area contributed by atoms with Gasteiger partial charge in [-0.3, -0.25) is 0 Å². The van der Waals surface area contributed by atoms with E-state index in [-0.39, 0.29) is 17.0 Å². The fourth-order valence-electron chi connectivity index (χ4n) is 6.07. The molecular formula is C27H31F5. The van der Waals surface area contributed by atoms with Crippen molar-refractivity contribution in [2.75, 3.05) is 0 Å². The van der Waals surface area contributed by atoms with Gasteiger partial charge in [-0.05, 0) is 85.5 Å². The highest BCUT2D eigenvalue weighted by Gasteiger charge is 2.32. The van der Waals surface area contributed by atoms with Crippen LogP contribution in [0.1, 0.15) is 82.6 Å². The van der Waals surface area contributed by atoms with Gasteiger partial charge in [0, 0.05) is 5.56 Å². The third-order valence-electron chi connectivity index (χ3n) is 7.87. The molecule has 0 amide bonds. The molecule has 0 aromatic heterocycles. The third-order valence-corrected chi connectivity index (χ3v) is 7.87. The van der Waals surface area contributed by atoms with Crippen molar-refractivity contribution in [2.24, 2.45) is 17.8 Å². The van der Waals surface area contributed by atoms with Gasteiger partial charge in [-0.2, -0.15) is 0 Å². The third kappa shape index (κ3) is 4.72. The van der Waals surface area contributed by atoms with Crippen molar-refractivity contribution >= 4 is 0 Å². The van der Waals surface area contributed by atoms with Crippen LogP contribution in [0.25, 0.3) is 11.1 Å². The van der Waals surface area contributed by atoms with Gasteiger partial charge < -0.3 is 0 Å². The summed E-state index contributed by atoms with van der Waals surface area (Å²) in [6, 6.07) is 4.25. The summed E-state index contributed by atoms with van der Waals surface area (Å²) in [6.07, 6.45) is 11.5. The average Bonchev–Trinajstić information content (AvgIpc) is 2.80. The Labute approximate surface area is 187 Å². The van der Waals surface area contributed by atoms with Crippen molar-refractivity contribution in [3.63, 3.8) is 0 Å². The zero-order chi connectivity index (χ0) is 22.8.